The van der Waals surface area contributed by atoms with Crippen LogP contribution in [0.4, 0.5) is 5.69 Å². The lowest BCUT2D eigenvalue weighted by molar-refractivity contribution is -0.115. The van der Waals surface area contributed by atoms with Gasteiger partial charge in [-0.25, -0.2) is 4.98 Å². The molecule has 2 heterocycles. The average Bonchev–Trinajstić information content (AvgIpc) is 3.14. The highest BCUT2D eigenvalue weighted by Crippen LogP contribution is 2.30. The van der Waals surface area contributed by atoms with Crippen molar-refractivity contribution in [2.24, 2.45) is 0 Å². The average molecular weight is 427 g/mol. The molecule has 1 aromatic carbocycles. The van der Waals surface area contributed by atoms with Crippen LogP contribution >= 0.6 is 35.3 Å². The maximum absolute atomic E-state index is 11.9. The Labute approximate surface area is 164 Å². The van der Waals surface area contributed by atoms with E-state index in [-0.39, 0.29) is 5.91 Å². The van der Waals surface area contributed by atoms with Crippen molar-refractivity contribution in [3.05, 3.63) is 40.2 Å². The van der Waals surface area contributed by atoms with Crippen LogP contribution in [0.1, 0.15) is 5.69 Å². The van der Waals surface area contributed by atoms with E-state index >= 15 is 0 Å². The molecule has 0 saturated carbocycles. The van der Waals surface area contributed by atoms with Crippen molar-refractivity contribution >= 4 is 67.5 Å². The molecular weight excluding hydrogens is 412 g/mol. The van der Waals surface area contributed by atoms with Crippen molar-refractivity contribution in [3.8, 4) is 10.6 Å². The summed E-state index contributed by atoms with van der Waals surface area (Å²) in [7, 11) is -0.667. The zero-order valence-corrected chi connectivity index (χ0v) is 17.0. The second-order valence-electron chi connectivity index (χ2n) is 5.40. The zero-order valence-electron chi connectivity index (χ0n) is 13.7. The van der Waals surface area contributed by atoms with Gasteiger partial charge < -0.3 is 5.32 Å². The van der Waals surface area contributed by atoms with Crippen LogP contribution in [0.3, 0.4) is 0 Å². The molecule has 0 unspecified atom stereocenters. The van der Waals surface area contributed by atoms with Crippen molar-refractivity contribution < 1.29 is 13.2 Å². The lowest BCUT2D eigenvalue weighted by Gasteiger charge is -2.13. The minimum absolute atomic E-state index is 0.227. The van der Waals surface area contributed by atoms with Gasteiger partial charge >= 0.3 is 10.2 Å². The van der Waals surface area contributed by atoms with Gasteiger partial charge in [-0.3, -0.25) is 9.52 Å². The second-order valence-corrected chi connectivity index (χ2v) is 9.86. The Morgan fingerprint density at radius 3 is 2.77 bits per heavy atom. The van der Waals surface area contributed by atoms with Crippen molar-refractivity contribution in [1.82, 2.24) is 14.6 Å². The molecule has 0 bridgehead atoms. The summed E-state index contributed by atoms with van der Waals surface area (Å²) in [6.45, 7) is 0. The van der Waals surface area contributed by atoms with E-state index in [0.29, 0.717) is 25.6 Å². The zero-order chi connectivity index (χ0) is 18.9. The number of carbonyl (C=O) groups excluding carboxylic acids is 1. The summed E-state index contributed by atoms with van der Waals surface area (Å²) in [6.07, 6.45) is 1.68. The molecule has 1 aliphatic heterocycles. The van der Waals surface area contributed by atoms with E-state index in [2.05, 4.69) is 15.0 Å². The number of hydrogen-bond donors (Lipinski definition) is 2. The predicted octanol–water partition coefficient (Wildman–Crippen LogP) is 2.52. The standard InChI is InChI=1S/C15H14N4O3S4/c1-19(2)26(21,22)18-10-5-3-4-9(6-10)14-16-11(8-24-14)7-12-13(20)17-15(23)25-12/h3-8,18H,1-2H3,(H,17,20,23)/b12-7+. The molecule has 1 fully saturated rings. The van der Waals surface area contributed by atoms with Crippen LogP contribution < -0.4 is 10.0 Å². The van der Waals surface area contributed by atoms with Crippen LogP contribution in [0.5, 0.6) is 0 Å². The van der Waals surface area contributed by atoms with Gasteiger partial charge in [-0.15, -0.1) is 11.3 Å². The molecule has 3 rings (SSSR count). The van der Waals surface area contributed by atoms with Crippen LogP contribution in [0.25, 0.3) is 16.6 Å². The number of benzene rings is 1. The maximum Gasteiger partial charge on any atom is 0.301 e. The molecule has 7 nitrogen and oxygen atoms in total. The summed E-state index contributed by atoms with van der Waals surface area (Å²) in [5.74, 6) is -0.227. The smallest absolute Gasteiger partial charge is 0.301 e. The summed E-state index contributed by atoms with van der Waals surface area (Å²) < 4.78 is 27.9. The Hall–Kier alpha value is -1.79. The van der Waals surface area contributed by atoms with Crippen LogP contribution in [0.15, 0.2) is 34.6 Å². The SMILES string of the molecule is CN(C)S(=O)(=O)Nc1cccc(-c2nc(/C=C3/SC(=S)NC3=O)cs2)c1. The number of rotatable bonds is 5. The summed E-state index contributed by atoms with van der Waals surface area (Å²) in [5.41, 5.74) is 1.87. The second kappa shape index (κ2) is 7.45. The van der Waals surface area contributed by atoms with Gasteiger partial charge in [0, 0.05) is 25.0 Å². The number of thiazole rings is 1. The number of hydrogen-bond acceptors (Lipinski definition) is 7. The lowest BCUT2D eigenvalue weighted by atomic mass is 10.2. The maximum atomic E-state index is 11.9. The molecule has 0 radical (unpaired) electrons. The van der Waals surface area contributed by atoms with Crippen molar-refractivity contribution in [1.29, 1.82) is 0 Å². The van der Waals surface area contributed by atoms with Gasteiger partial charge in [0.25, 0.3) is 5.91 Å². The van der Waals surface area contributed by atoms with E-state index in [9.17, 15) is 13.2 Å². The fourth-order valence-electron chi connectivity index (χ4n) is 2.00. The first-order valence-corrected chi connectivity index (χ1v) is 10.8. The molecule has 1 saturated heterocycles. The minimum atomic E-state index is -3.57. The lowest BCUT2D eigenvalue weighted by Crippen LogP contribution is -2.28. The Balaban J connectivity index is 1.84. The monoisotopic (exact) mass is 426 g/mol. The number of carbonyl (C=O) groups is 1. The van der Waals surface area contributed by atoms with Crippen LogP contribution in [0, 0.1) is 0 Å². The highest BCUT2D eigenvalue weighted by molar-refractivity contribution is 8.26. The molecule has 26 heavy (non-hydrogen) atoms. The number of anilines is 1. The third kappa shape index (κ3) is 4.30. The minimum Gasteiger partial charge on any atom is -0.307 e. The van der Waals surface area contributed by atoms with Gasteiger partial charge in [0.2, 0.25) is 0 Å². The normalized spacial score (nSPS) is 16.3. The van der Waals surface area contributed by atoms with E-state index in [1.807, 2.05) is 11.4 Å². The Kier molecular flexibility index (Phi) is 5.44. The molecule has 2 N–H and O–H groups in total. The molecule has 0 spiro atoms. The molecule has 2 aromatic rings. The Bertz CT molecular complexity index is 1010. The van der Waals surface area contributed by atoms with E-state index in [4.69, 9.17) is 12.2 Å². The fraction of sp³-hybridized carbons (Fsp3) is 0.133. The highest BCUT2D eigenvalue weighted by Gasteiger charge is 2.22. The topological polar surface area (TPSA) is 91.4 Å². The highest BCUT2D eigenvalue weighted by atomic mass is 32.2. The first-order valence-electron chi connectivity index (χ1n) is 7.26. The van der Waals surface area contributed by atoms with Gasteiger partial charge in [-0.2, -0.15) is 12.7 Å². The van der Waals surface area contributed by atoms with Crippen LogP contribution in [-0.2, 0) is 15.0 Å². The van der Waals surface area contributed by atoms with Gasteiger partial charge in [0.15, 0.2) is 0 Å². The first-order chi connectivity index (χ1) is 12.2. The molecular formula is C15H14N4O3S4. The van der Waals surface area contributed by atoms with Gasteiger partial charge in [0.05, 0.1) is 16.3 Å². The summed E-state index contributed by atoms with van der Waals surface area (Å²) in [4.78, 5) is 16.7. The molecule has 1 aliphatic rings. The van der Waals surface area contributed by atoms with E-state index < -0.39 is 10.2 Å². The van der Waals surface area contributed by atoms with Crippen LogP contribution in [0.2, 0.25) is 0 Å². The fourth-order valence-corrected chi connectivity index (χ4v) is 4.41. The number of nitrogens with one attached hydrogen (secondary N) is 2. The third-order valence-corrected chi connectivity index (χ3v) is 6.81. The quantitative estimate of drug-likeness (QED) is 0.564. The number of amides is 1. The Morgan fingerprint density at radius 2 is 2.12 bits per heavy atom. The summed E-state index contributed by atoms with van der Waals surface area (Å²) in [5, 5.41) is 5.10. The van der Waals surface area contributed by atoms with Crippen molar-refractivity contribution in [3.63, 3.8) is 0 Å². The van der Waals surface area contributed by atoms with Gasteiger partial charge in [-0.05, 0) is 18.2 Å². The molecule has 1 amide bonds. The van der Waals surface area contributed by atoms with Crippen molar-refractivity contribution in [2.75, 3.05) is 18.8 Å². The predicted molar refractivity (Wildman–Crippen MR) is 110 cm³/mol. The summed E-state index contributed by atoms with van der Waals surface area (Å²) in [6, 6.07) is 6.97. The molecule has 0 aliphatic carbocycles. The van der Waals surface area contributed by atoms with Crippen LogP contribution in [-0.4, -0.2) is 42.0 Å². The molecule has 11 heteroatoms. The summed E-state index contributed by atoms with van der Waals surface area (Å²) >= 11 is 7.56. The van der Waals surface area contributed by atoms with Crippen molar-refractivity contribution in [2.45, 2.75) is 0 Å². The number of nitrogens with zero attached hydrogens (tertiary/aromatic N) is 2. The number of aromatic nitrogens is 1. The third-order valence-electron chi connectivity index (χ3n) is 3.28. The first kappa shape index (κ1) is 19.0. The van der Waals surface area contributed by atoms with E-state index in [0.717, 1.165) is 9.87 Å². The van der Waals surface area contributed by atoms with E-state index in [1.54, 1.807) is 24.3 Å². The van der Waals surface area contributed by atoms with Gasteiger partial charge in [-0.1, -0.05) is 36.1 Å². The molecule has 0 atom stereocenters. The molecule has 1 aromatic heterocycles. The number of thiocarbonyl (C=S) groups is 1. The largest absolute Gasteiger partial charge is 0.307 e. The number of thioether (sulfide) groups is 1. The van der Waals surface area contributed by atoms with E-state index in [1.165, 1.54) is 37.2 Å². The van der Waals surface area contributed by atoms with Gasteiger partial charge in [0.1, 0.15) is 9.33 Å². The Morgan fingerprint density at radius 1 is 1.35 bits per heavy atom. The molecule has 136 valence electrons.